The summed E-state index contributed by atoms with van der Waals surface area (Å²) in [5.41, 5.74) is -4.97. The Labute approximate surface area is 177 Å². The van der Waals surface area contributed by atoms with Gasteiger partial charge in [-0.05, 0) is 94.3 Å². The predicted molar refractivity (Wildman–Crippen MR) is 109 cm³/mol. The summed E-state index contributed by atoms with van der Waals surface area (Å²) in [4.78, 5) is 37.1. The van der Waals surface area contributed by atoms with Crippen molar-refractivity contribution in [2.45, 2.75) is 83.0 Å². The van der Waals surface area contributed by atoms with Crippen LogP contribution in [-0.4, -0.2) is 49.5 Å². The topological polar surface area (TPSA) is 112 Å². The molecule has 0 heterocycles. The summed E-state index contributed by atoms with van der Waals surface area (Å²) in [5.74, 6) is -1.00. The van der Waals surface area contributed by atoms with E-state index >= 15 is 0 Å². The van der Waals surface area contributed by atoms with Crippen LogP contribution in [0.1, 0.15) is 66.2 Å². The Balaban J connectivity index is 1.77. The summed E-state index contributed by atoms with van der Waals surface area (Å²) >= 11 is 0. The Morgan fingerprint density at radius 2 is 1.60 bits per heavy atom. The Hall–Kier alpha value is -1.63. The van der Waals surface area contributed by atoms with Gasteiger partial charge in [-0.15, -0.1) is 0 Å². The van der Waals surface area contributed by atoms with E-state index in [1.54, 1.807) is 6.08 Å². The molecule has 2 fully saturated rings. The third-order valence-electron chi connectivity index (χ3n) is 9.19. The minimum atomic E-state index is -2.25. The van der Waals surface area contributed by atoms with E-state index in [9.17, 15) is 29.7 Å². The van der Waals surface area contributed by atoms with Gasteiger partial charge in [-0.1, -0.05) is 13.0 Å². The second kappa shape index (κ2) is 6.44. The van der Waals surface area contributed by atoms with E-state index in [1.807, 2.05) is 6.92 Å². The highest BCUT2D eigenvalue weighted by Crippen LogP contribution is 2.65. The van der Waals surface area contributed by atoms with Crippen LogP contribution in [0.4, 0.5) is 0 Å². The minimum Gasteiger partial charge on any atom is -0.382 e. The Kier molecular flexibility index (Phi) is 4.63. The van der Waals surface area contributed by atoms with Crippen LogP contribution in [0, 0.1) is 23.2 Å². The van der Waals surface area contributed by atoms with Crippen molar-refractivity contribution in [3.05, 3.63) is 23.3 Å². The highest BCUT2D eigenvalue weighted by atomic mass is 16.4. The van der Waals surface area contributed by atoms with E-state index in [4.69, 9.17) is 0 Å². The summed E-state index contributed by atoms with van der Waals surface area (Å²) in [7, 11) is 0. The van der Waals surface area contributed by atoms with Crippen molar-refractivity contribution in [2.24, 2.45) is 23.2 Å². The molecule has 0 amide bonds. The molecule has 4 aliphatic carbocycles. The molecule has 6 heteroatoms. The molecule has 4 rings (SSSR count). The quantitative estimate of drug-likeness (QED) is 0.649. The number of hydrogen-bond acceptors (Lipinski definition) is 6. The smallest absolute Gasteiger partial charge is 0.183 e. The second-order valence-electron chi connectivity index (χ2n) is 10.2. The van der Waals surface area contributed by atoms with Crippen LogP contribution in [-0.2, 0) is 14.4 Å². The van der Waals surface area contributed by atoms with Gasteiger partial charge in [0.2, 0.25) is 0 Å². The Bertz CT molecular complexity index is 901. The van der Waals surface area contributed by atoms with Crippen LogP contribution >= 0.6 is 0 Å². The first-order valence-electron chi connectivity index (χ1n) is 11.0. The molecule has 7 atom stereocenters. The van der Waals surface area contributed by atoms with Crippen LogP contribution < -0.4 is 0 Å². The normalized spacial score (nSPS) is 47.4. The van der Waals surface area contributed by atoms with Gasteiger partial charge in [-0.2, -0.15) is 0 Å². The van der Waals surface area contributed by atoms with E-state index < -0.39 is 33.8 Å². The first-order valence-corrected chi connectivity index (χ1v) is 11.0. The van der Waals surface area contributed by atoms with Gasteiger partial charge in [0.25, 0.3) is 0 Å². The number of ketones is 3. The zero-order valence-corrected chi connectivity index (χ0v) is 18.2. The zero-order valence-electron chi connectivity index (χ0n) is 18.2. The van der Waals surface area contributed by atoms with E-state index in [2.05, 4.69) is 0 Å². The Morgan fingerprint density at radius 3 is 2.17 bits per heavy atom. The highest BCUT2D eigenvalue weighted by molar-refractivity contribution is 6.02. The lowest BCUT2D eigenvalue weighted by atomic mass is 9.51. The molecule has 0 aromatic heterocycles. The Morgan fingerprint density at radius 1 is 0.933 bits per heavy atom. The SMILES string of the molecule is CC(=O)C1(O)C=CC2=C(CC[C@@H]3[C@@H]2CC[C@@]2(C)[C@H]3CC[C@@]2(O)C(C)=O)C1(O)C(C)=O. The average molecular weight is 417 g/mol. The van der Waals surface area contributed by atoms with Crippen LogP contribution in [0.25, 0.3) is 0 Å². The van der Waals surface area contributed by atoms with Gasteiger partial charge in [0, 0.05) is 5.41 Å². The summed E-state index contributed by atoms with van der Waals surface area (Å²) in [6.07, 6.45) is 6.74. The number of rotatable bonds is 3. The number of fused-ring (bicyclic) bond motifs is 4. The highest BCUT2D eigenvalue weighted by Gasteiger charge is 2.66. The molecular weight excluding hydrogens is 384 g/mol. The molecule has 164 valence electrons. The van der Waals surface area contributed by atoms with Crippen LogP contribution in [0.3, 0.4) is 0 Å². The molecule has 0 bridgehead atoms. The molecule has 0 radical (unpaired) electrons. The van der Waals surface area contributed by atoms with E-state index in [-0.39, 0.29) is 23.5 Å². The van der Waals surface area contributed by atoms with Gasteiger partial charge in [0.1, 0.15) is 5.60 Å². The zero-order chi connectivity index (χ0) is 22.3. The first-order chi connectivity index (χ1) is 13.8. The molecule has 0 spiro atoms. The third kappa shape index (κ3) is 2.33. The fraction of sp³-hybridized carbons (Fsp3) is 0.708. The van der Waals surface area contributed by atoms with Gasteiger partial charge in [0.05, 0.1) is 0 Å². The maximum absolute atomic E-state index is 12.5. The lowest BCUT2D eigenvalue weighted by molar-refractivity contribution is -0.165. The van der Waals surface area contributed by atoms with Crippen LogP contribution in [0.5, 0.6) is 0 Å². The lowest BCUT2D eigenvalue weighted by Crippen LogP contribution is -2.65. The van der Waals surface area contributed by atoms with Crippen molar-refractivity contribution in [1.82, 2.24) is 0 Å². The fourth-order valence-electron chi connectivity index (χ4n) is 7.38. The standard InChI is InChI=1S/C24H32O6/c1-13(25)22(28)12-9-19-17-5-6-20-18(16(17)7-10-21(19,22)4)8-11-23(29,14(2)26)24(20,30)15(3)27/h8,11,16-17,19,28-30H,5-7,9-10,12H2,1-4H3/t16-,17+,19-,21-,22+,23?,24?/m0/s1. The molecule has 30 heavy (non-hydrogen) atoms. The number of carbonyl (C=O) groups excluding carboxylic acids is 3. The van der Waals surface area contributed by atoms with E-state index in [0.717, 1.165) is 18.4 Å². The number of carbonyl (C=O) groups is 3. The summed E-state index contributed by atoms with van der Waals surface area (Å²) in [5, 5.41) is 33.6. The van der Waals surface area contributed by atoms with Crippen molar-refractivity contribution >= 4 is 17.3 Å². The molecular formula is C24H32O6. The summed E-state index contributed by atoms with van der Waals surface area (Å²) in [6.45, 7) is 5.90. The second-order valence-corrected chi connectivity index (χ2v) is 10.2. The van der Waals surface area contributed by atoms with Gasteiger partial charge >= 0.3 is 0 Å². The average Bonchev–Trinajstić information content (AvgIpc) is 2.96. The largest absolute Gasteiger partial charge is 0.382 e. The van der Waals surface area contributed by atoms with Crippen molar-refractivity contribution < 1.29 is 29.7 Å². The van der Waals surface area contributed by atoms with E-state index in [1.165, 1.54) is 26.8 Å². The monoisotopic (exact) mass is 416 g/mol. The van der Waals surface area contributed by atoms with Crippen molar-refractivity contribution in [3.63, 3.8) is 0 Å². The van der Waals surface area contributed by atoms with Gasteiger partial charge in [-0.25, -0.2) is 0 Å². The van der Waals surface area contributed by atoms with Gasteiger partial charge in [-0.3, -0.25) is 14.4 Å². The van der Waals surface area contributed by atoms with Crippen LogP contribution in [0.15, 0.2) is 23.3 Å². The molecule has 0 saturated heterocycles. The number of allylic oxidation sites excluding steroid dienone is 2. The van der Waals surface area contributed by atoms with Crippen LogP contribution in [0.2, 0.25) is 0 Å². The molecule has 4 aliphatic rings. The van der Waals surface area contributed by atoms with Crippen molar-refractivity contribution in [2.75, 3.05) is 0 Å². The molecule has 2 saturated carbocycles. The summed E-state index contributed by atoms with van der Waals surface area (Å²) in [6, 6.07) is 0. The minimum absolute atomic E-state index is 0.0692. The fourth-order valence-corrected chi connectivity index (χ4v) is 7.38. The van der Waals surface area contributed by atoms with Gasteiger partial charge in [0.15, 0.2) is 28.6 Å². The maximum atomic E-state index is 12.5. The lowest BCUT2D eigenvalue weighted by Gasteiger charge is -2.55. The first kappa shape index (κ1) is 21.6. The molecule has 0 aromatic carbocycles. The number of aliphatic hydroxyl groups is 3. The number of hydrogen-bond donors (Lipinski definition) is 3. The molecule has 6 nitrogen and oxygen atoms in total. The number of Topliss-reactive ketones (excluding diaryl/α,β-unsaturated/α-hetero) is 3. The molecule has 0 aromatic rings. The van der Waals surface area contributed by atoms with Crippen molar-refractivity contribution in [3.8, 4) is 0 Å². The van der Waals surface area contributed by atoms with Gasteiger partial charge < -0.3 is 15.3 Å². The summed E-state index contributed by atoms with van der Waals surface area (Å²) < 4.78 is 0. The maximum Gasteiger partial charge on any atom is 0.183 e. The predicted octanol–water partition coefficient (Wildman–Crippen LogP) is 2.05. The molecule has 0 aliphatic heterocycles. The third-order valence-corrected chi connectivity index (χ3v) is 9.19. The molecule has 2 unspecified atom stereocenters. The molecule has 3 N–H and O–H groups in total. The van der Waals surface area contributed by atoms with E-state index in [0.29, 0.717) is 31.3 Å². The van der Waals surface area contributed by atoms with Crippen molar-refractivity contribution in [1.29, 1.82) is 0 Å².